The maximum absolute atomic E-state index is 14.0. The van der Waals surface area contributed by atoms with Gasteiger partial charge in [0.15, 0.2) is 0 Å². The number of nitriles is 1. The third-order valence-corrected chi connectivity index (χ3v) is 4.17. The Hall–Kier alpha value is -3.24. The van der Waals surface area contributed by atoms with Gasteiger partial charge < -0.3 is 14.6 Å². The molecule has 1 N–H and O–H groups in total. The second kappa shape index (κ2) is 7.98. The number of nitrogens with one attached hydrogen (secondary N) is 1. The van der Waals surface area contributed by atoms with Gasteiger partial charge in [-0.3, -0.25) is 0 Å². The number of anilines is 1. The highest BCUT2D eigenvalue weighted by molar-refractivity contribution is 5.59. The largest absolute Gasteiger partial charge is 0.419 e. The maximum atomic E-state index is 14.0. The normalized spacial score (nSPS) is 12.0. The molecule has 3 rings (SSSR count). The zero-order valence-electron chi connectivity index (χ0n) is 14.9. The highest BCUT2D eigenvalue weighted by Gasteiger charge is 2.20. The van der Waals surface area contributed by atoms with E-state index in [1.54, 1.807) is 24.3 Å². The molecule has 1 aromatic heterocycles. The number of hydrogen-bond acceptors (Lipinski definition) is 5. The van der Waals surface area contributed by atoms with Gasteiger partial charge in [0.2, 0.25) is 17.5 Å². The molecule has 138 valence electrons. The lowest BCUT2D eigenvalue weighted by Gasteiger charge is -2.25. The molecule has 0 saturated carbocycles. The van der Waals surface area contributed by atoms with Gasteiger partial charge in [0, 0.05) is 6.54 Å². The number of halogens is 2. The summed E-state index contributed by atoms with van der Waals surface area (Å²) in [7, 11) is 3.79. The highest BCUT2D eigenvalue weighted by Crippen LogP contribution is 2.28. The monoisotopic (exact) mass is 368 g/mol. The van der Waals surface area contributed by atoms with E-state index >= 15 is 0 Å². The summed E-state index contributed by atoms with van der Waals surface area (Å²) < 4.78 is 32.7. The summed E-state index contributed by atoms with van der Waals surface area (Å²) in [5.41, 5.74) is 1.14. The van der Waals surface area contributed by atoms with Crippen molar-refractivity contribution in [2.45, 2.75) is 6.04 Å². The predicted octanol–water partition coefficient (Wildman–Crippen LogP) is 4.21. The van der Waals surface area contributed by atoms with Crippen LogP contribution in [0.15, 0.2) is 52.9 Å². The summed E-state index contributed by atoms with van der Waals surface area (Å²) in [6, 6.07) is 14.1. The summed E-state index contributed by atoms with van der Waals surface area (Å²) in [6.45, 7) is 0.388. The average Bonchev–Trinajstić information content (AvgIpc) is 3.06. The Labute approximate surface area is 155 Å². The van der Waals surface area contributed by atoms with Crippen LogP contribution in [0.1, 0.15) is 17.3 Å². The van der Waals surface area contributed by atoms with Crippen LogP contribution in [0.5, 0.6) is 0 Å². The van der Waals surface area contributed by atoms with E-state index in [9.17, 15) is 14.0 Å². The Morgan fingerprint density at radius 2 is 1.85 bits per heavy atom. The van der Waals surface area contributed by atoms with Crippen LogP contribution >= 0.6 is 0 Å². The molecule has 1 unspecified atom stereocenters. The van der Waals surface area contributed by atoms with Gasteiger partial charge in [-0.15, -0.1) is 0 Å². The Balaban J connectivity index is 1.83. The third-order valence-electron chi connectivity index (χ3n) is 4.17. The van der Waals surface area contributed by atoms with Crippen LogP contribution in [0.3, 0.4) is 0 Å². The number of oxazole rings is 1. The Morgan fingerprint density at radius 3 is 2.48 bits per heavy atom. The molecule has 0 bridgehead atoms. The zero-order chi connectivity index (χ0) is 19.4. The first-order chi connectivity index (χ1) is 13.0. The first-order valence-corrected chi connectivity index (χ1v) is 8.31. The molecule has 0 radical (unpaired) electrons. The van der Waals surface area contributed by atoms with Crippen LogP contribution < -0.4 is 5.32 Å². The van der Waals surface area contributed by atoms with Gasteiger partial charge in [-0.25, -0.2) is 8.78 Å². The van der Waals surface area contributed by atoms with Crippen molar-refractivity contribution in [1.82, 2.24) is 9.88 Å². The Kier molecular flexibility index (Phi) is 5.48. The highest BCUT2D eigenvalue weighted by atomic mass is 19.1. The van der Waals surface area contributed by atoms with Crippen molar-refractivity contribution in [3.05, 3.63) is 71.4 Å². The third kappa shape index (κ3) is 4.13. The minimum atomic E-state index is -0.479. The van der Waals surface area contributed by atoms with Gasteiger partial charge in [0.1, 0.15) is 17.7 Å². The SMILES string of the molecule is CN(C)C(CNc1oc(-c2ccccc2F)nc1C#N)c1ccc(F)cc1. The molecular formula is C20H18F2N4O. The summed E-state index contributed by atoms with van der Waals surface area (Å²) in [5, 5.41) is 12.4. The lowest BCUT2D eigenvalue weighted by atomic mass is 10.1. The molecule has 0 aliphatic rings. The summed E-state index contributed by atoms with van der Waals surface area (Å²) in [4.78, 5) is 6.03. The summed E-state index contributed by atoms with van der Waals surface area (Å²) in [5.74, 6) is -0.576. The molecule has 2 aromatic carbocycles. The molecule has 0 saturated heterocycles. The van der Waals surface area contributed by atoms with Crippen molar-refractivity contribution in [2.24, 2.45) is 0 Å². The number of aromatic nitrogens is 1. The average molecular weight is 368 g/mol. The molecule has 27 heavy (non-hydrogen) atoms. The lowest BCUT2D eigenvalue weighted by molar-refractivity contribution is 0.310. The molecule has 0 aliphatic carbocycles. The van der Waals surface area contributed by atoms with Crippen LogP contribution in [-0.4, -0.2) is 30.5 Å². The molecule has 3 aromatic rings. The second-order valence-corrected chi connectivity index (χ2v) is 6.20. The molecule has 1 atom stereocenters. The quantitative estimate of drug-likeness (QED) is 0.706. The Bertz CT molecular complexity index is 961. The van der Waals surface area contributed by atoms with E-state index in [1.165, 1.54) is 24.3 Å². The van der Waals surface area contributed by atoms with Crippen LogP contribution in [-0.2, 0) is 0 Å². The topological polar surface area (TPSA) is 65.1 Å². The van der Waals surface area contributed by atoms with E-state index in [2.05, 4.69) is 10.3 Å². The lowest BCUT2D eigenvalue weighted by Crippen LogP contribution is -2.26. The standard InChI is InChI=1S/C20H18F2N4O/c1-26(2)18(13-7-9-14(21)10-8-13)12-24-20-17(11-23)25-19(27-20)15-5-3-4-6-16(15)22/h3-10,18,24H,12H2,1-2H3. The van der Waals surface area contributed by atoms with Crippen molar-refractivity contribution in [3.63, 3.8) is 0 Å². The van der Waals surface area contributed by atoms with Gasteiger partial charge in [0.05, 0.1) is 11.6 Å². The molecule has 5 nitrogen and oxygen atoms in total. The zero-order valence-corrected chi connectivity index (χ0v) is 14.9. The van der Waals surface area contributed by atoms with E-state index in [-0.39, 0.29) is 34.9 Å². The van der Waals surface area contributed by atoms with E-state index < -0.39 is 5.82 Å². The van der Waals surface area contributed by atoms with E-state index in [1.807, 2.05) is 25.1 Å². The molecule has 0 amide bonds. The first kappa shape index (κ1) is 18.5. The van der Waals surface area contributed by atoms with Crippen molar-refractivity contribution in [1.29, 1.82) is 5.26 Å². The summed E-state index contributed by atoms with van der Waals surface area (Å²) in [6.07, 6.45) is 0. The number of rotatable bonds is 6. The molecule has 0 aliphatic heterocycles. The molecule has 1 heterocycles. The minimum Gasteiger partial charge on any atom is -0.419 e. The predicted molar refractivity (Wildman–Crippen MR) is 97.9 cm³/mol. The fourth-order valence-electron chi connectivity index (χ4n) is 2.74. The van der Waals surface area contributed by atoms with Gasteiger partial charge in [-0.1, -0.05) is 24.3 Å². The maximum Gasteiger partial charge on any atom is 0.233 e. The smallest absolute Gasteiger partial charge is 0.233 e. The van der Waals surface area contributed by atoms with Crippen LogP contribution in [0.2, 0.25) is 0 Å². The van der Waals surface area contributed by atoms with Gasteiger partial charge in [0.25, 0.3) is 0 Å². The molecule has 0 spiro atoms. The summed E-state index contributed by atoms with van der Waals surface area (Å²) >= 11 is 0. The van der Waals surface area contributed by atoms with Crippen LogP contribution in [0.25, 0.3) is 11.5 Å². The van der Waals surface area contributed by atoms with Gasteiger partial charge in [-0.2, -0.15) is 10.2 Å². The van der Waals surface area contributed by atoms with Crippen LogP contribution in [0, 0.1) is 23.0 Å². The fourth-order valence-corrected chi connectivity index (χ4v) is 2.74. The number of benzene rings is 2. The van der Waals surface area contributed by atoms with Crippen molar-refractivity contribution < 1.29 is 13.2 Å². The second-order valence-electron chi connectivity index (χ2n) is 6.20. The number of likely N-dealkylation sites (N-methyl/N-ethyl adjacent to an activating group) is 1. The van der Waals surface area contributed by atoms with Crippen molar-refractivity contribution in [2.75, 3.05) is 26.0 Å². The van der Waals surface area contributed by atoms with E-state index in [0.29, 0.717) is 6.54 Å². The molecule has 0 fully saturated rings. The number of nitrogens with zero attached hydrogens (tertiary/aromatic N) is 3. The van der Waals surface area contributed by atoms with Gasteiger partial charge >= 0.3 is 0 Å². The van der Waals surface area contributed by atoms with Gasteiger partial charge in [-0.05, 0) is 43.9 Å². The van der Waals surface area contributed by atoms with Crippen LogP contribution in [0.4, 0.5) is 14.7 Å². The fraction of sp³-hybridized carbons (Fsp3) is 0.200. The van der Waals surface area contributed by atoms with E-state index in [0.717, 1.165) is 5.56 Å². The minimum absolute atomic E-state index is 0.0373. The Morgan fingerprint density at radius 1 is 1.15 bits per heavy atom. The molecular weight excluding hydrogens is 350 g/mol. The van der Waals surface area contributed by atoms with Crippen molar-refractivity contribution in [3.8, 4) is 17.5 Å². The number of hydrogen-bond donors (Lipinski definition) is 1. The molecule has 7 heteroatoms. The van der Waals surface area contributed by atoms with E-state index in [4.69, 9.17) is 4.42 Å². The van der Waals surface area contributed by atoms with Crippen molar-refractivity contribution >= 4 is 5.88 Å². The first-order valence-electron chi connectivity index (χ1n) is 8.31.